The average Bonchev–Trinajstić information content (AvgIpc) is 2.31. The first-order chi connectivity index (χ1) is 8.87. The van der Waals surface area contributed by atoms with Crippen molar-refractivity contribution in [1.29, 1.82) is 0 Å². The number of hydrogen-bond donors (Lipinski definition) is 1. The first kappa shape index (κ1) is 13.4. The minimum atomic E-state index is -4.74. The van der Waals surface area contributed by atoms with Crippen LogP contribution in [0.5, 0.6) is 5.75 Å². The van der Waals surface area contributed by atoms with Crippen LogP contribution in [0.2, 0.25) is 0 Å². The molecular formula is C12H12F3N3O. The number of amidine groups is 1. The number of nitrogens with two attached hydrogens (primary N) is 1. The summed E-state index contributed by atoms with van der Waals surface area (Å²) in [6.45, 7) is 1.83. The van der Waals surface area contributed by atoms with Gasteiger partial charge in [0.25, 0.3) is 0 Å². The van der Waals surface area contributed by atoms with E-state index >= 15 is 0 Å². The molecule has 0 radical (unpaired) electrons. The summed E-state index contributed by atoms with van der Waals surface area (Å²) in [5.41, 5.74) is 6.30. The molecule has 0 saturated heterocycles. The predicted octanol–water partition coefficient (Wildman–Crippen LogP) is 2.69. The molecule has 2 N–H and O–H groups in total. The van der Waals surface area contributed by atoms with E-state index in [4.69, 9.17) is 5.73 Å². The molecule has 102 valence electrons. The van der Waals surface area contributed by atoms with Crippen molar-refractivity contribution in [3.8, 4) is 5.75 Å². The zero-order chi connectivity index (χ0) is 14.0. The highest BCUT2D eigenvalue weighted by atomic mass is 19.4. The van der Waals surface area contributed by atoms with Crippen LogP contribution in [0.15, 0.2) is 34.5 Å². The molecule has 0 amide bonds. The smallest absolute Gasteiger partial charge is 0.405 e. The van der Waals surface area contributed by atoms with Crippen molar-refractivity contribution in [2.45, 2.75) is 19.7 Å². The molecule has 1 aromatic rings. The van der Waals surface area contributed by atoms with Crippen LogP contribution in [0.3, 0.4) is 0 Å². The fraction of sp³-hybridized carbons (Fsp3) is 0.333. The molecule has 0 spiro atoms. The Bertz CT molecular complexity index is 537. The zero-order valence-electron chi connectivity index (χ0n) is 10.1. The number of hydrogen-bond acceptors (Lipinski definition) is 4. The molecule has 1 aromatic carbocycles. The Morgan fingerprint density at radius 1 is 1.26 bits per heavy atom. The van der Waals surface area contributed by atoms with Crippen molar-refractivity contribution in [3.05, 3.63) is 29.8 Å². The molecule has 0 bridgehead atoms. The van der Waals surface area contributed by atoms with E-state index < -0.39 is 6.36 Å². The lowest BCUT2D eigenvalue weighted by Gasteiger charge is -2.18. The van der Waals surface area contributed by atoms with E-state index in [9.17, 15) is 13.2 Å². The van der Waals surface area contributed by atoms with Crippen LogP contribution in [0.1, 0.15) is 18.9 Å². The third kappa shape index (κ3) is 3.24. The van der Waals surface area contributed by atoms with Gasteiger partial charge in [0, 0.05) is 17.9 Å². The molecule has 1 aliphatic heterocycles. The number of rotatable bonds is 2. The Morgan fingerprint density at radius 2 is 1.95 bits per heavy atom. The van der Waals surface area contributed by atoms with Crippen molar-refractivity contribution in [2.75, 3.05) is 0 Å². The molecule has 2 rings (SSSR count). The van der Waals surface area contributed by atoms with Crippen molar-refractivity contribution < 1.29 is 17.9 Å². The van der Waals surface area contributed by atoms with E-state index in [1.807, 2.05) is 6.92 Å². The minimum absolute atomic E-state index is 0.0635. The van der Waals surface area contributed by atoms with Gasteiger partial charge in [-0.15, -0.1) is 18.3 Å². The maximum atomic E-state index is 12.3. The average molecular weight is 271 g/mol. The number of nitrogens with zero attached hydrogens (tertiary/aromatic N) is 2. The lowest BCUT2D eigenvalue weighted by molar-refractivity contribution is -0.274. The van der Waals surface area contributed by atoms with Gasteiger partial charge in [-0.25, -0.2) is 0 Å². The Kier molecular flexibility index (Phi) is 3.46. The van der Waals surface area contributed by atoms with Crippen LogP contribution in [0.4, 0.5) is 13.2 Å². The molecule has 0 aliphatic carbocycles. The van der Waals surface area contributed by atoms with E-state index in [0.717, 1.165) is 0 Å². The predicted molar refractivity (Wildman–Crippen MR) is 65.1 cm³/mol. The van der Waals surface area contributed by atoms with Crippen molar-refractivity contribution in [3.63, 3.8) is 0 Å². The van der Waals surface area contributed by atoms with Crippen molar-refractivity contribution in [1.82, 2.24) is 0 Å². The van der Waals surface area contributed by atoms with E-state index in [-0.39, 0.29) is 17.2 Å². The standard InChI is InChI=1S/C12H12F3N3O/c1-7-6-9(17-18-11(7)16)8-4-2-3-5-10(8)19-12(13,14)15/h2-5,7H,6H2,1H3,(H2,16,18). The van der Waals surface area contributed by atoms with Gasteiger partial charge < -0.3 is 10.5 Å². The summed E-state index contributed by atoms with van der Waals surface area (Å²) in [7, 11) is 0. The van der Waals surface area contributed by atoms with Crippen LogP contribution >= 0.6 is 0 Å². The molecule has 0 fully saturated rings. The van der Waals surface area contributed by atoms with Crippen LogP contribution in [-0.2, 0) is 0 Å². The number of benzene rings is 1. The fourth-order valence-corrected chi connectivity index (χ4v) is 1.73. The lowest BCUT2D eigenvalue weighted by Crippen LogP contribution is -2.27. The van der Waals surface area contributed by atoms with Gasteiger partial charge in [0.15, 0.2) is 0 Å². The number of para-hydroxylation sites is 1. The largest absolute Gasteiger partial charge is 0.573 e. The Morgan fingerprint density at radius 3 is 2.58 bits per heavy atom. The van der Waals surface area contributed by atoms with Gasteiger partial charge in [-0.2, -0.15) is 5.10 Å². The summed E-state index contributed by atoms with van der Waals surface area (Å²) in [4.78, 5) is 0. The van der Waals surface area contributed by atoms with Crippen LogP contribution in [-0.4, -0.2) is 17.9 Å². The topological polar surface area (TPSA) is 60.0 Å². The second-order valence-corrected chi connectivity index (χ2v) is 4.22. The number of halogens is 3. The minimum Gasteiger partial charge on any atom is -0.405 e. The molecule has 19 heavy (non-hydrogen) atoms. The summed E-state index contributed by atoms with van der Waals surface area (Å²) in [6, 6.07) is 5.85. The Labute approximate surface area is 107 Å². The van der Waals surface area contributed by atoms with Gasteiger partial charge in [-0.1, -0.05) is 19.1 Å². The first-order valence-corrected chi connectivity index (χ1v) is 5.62. The summed E-state index contributed by atoms with van der Waals surface area (Å²) in [5.74, 6) is 0.0287. The molecular weight excluding hydrogens is 259 g/mol. The molecule has 7 heteroatoms. The molecule has 0 saturated carbocycles. The normalized spacial score (nSPS) is 19.7. The van der Waals surface area contributed by atoms with Gasteiger partial charge in [-0.3, -0.25) is 0 Å². The van der Waals surface area contributed by atoms with Gasteiger partial charge in [0.05, 0.1) is 5.71 Å². The highest BCUT2D eigenvalue weighted by Gasteiger charge is 2.33. The van der Waals surface area contributed by atoms with Gasteiger partial charge in [0.1, 0.15) is 11.6 Å². The van der Waals surface area contributed by atoms with E-state index in [1.165, 1.54) is 18.2 Å². The summed E-state index contributed by atoms with van der Waals surface area (Å²) in [6.07, 6.45) is -4.31. The molecule has 0 aromatic heterocycles. The maximum absolute atomic E-state index is 12.3. The third-order valence-electron chi connectivity index (χ3n) is 2.71. The van der Waals surface area contributed by atoms with Gasteiger partial charge in [-0.05, 0) is 12.1 Å². The highest BCUT2D eigenvalue weighted by Crippen LogP contribution is 2.29. The highest BCUT2D eigenvalue weighted by molar-refractivity contribution is 6.06. The Balaban J connectivity index is 2.36. The molecule has 1 atom stereocenters. The van der Waals surface area contributed by atoms with Crippen molar-refractivity contribution >= 4 is 11.5 Å². The molecule has 1 aliphatic rings. The van der Waals surface area contributed by atoms with Gasteiger partial charge in [0.2, 0.25) is 0 Å². The second-order valence-electron chi connectivity index (χ2n) is 4.22. The molecule has 4 nitrogen and oxygen atoms in total. The van der Waals surface area contributed by atoms with Crippen LogP contribution in [0.25, 0.3) is 0 Å². The summed E-state index contributed by atoms with van der Waals surface area (Å²) in [5, 5.41) is 7.61. The SMILES string of the molecule is CC1CC(c2ccccc2OC(F)(F)F)=NN=C1N. The number of ether oxygens (including phenoxy) is 1. The summed E-state index contributed by atoms with van der Waals surface area (Å²) >= 11 is 0. The number of alkyl halides is 3. The monoisotopic (exact) mass is 271 g/mol. The van der Waals surface area contributed by atoms with Crippen molar-refractivity contribution in [2.24, 2.45) is 21.9 Å². The van der Waals surface area contributed by atoms with E-state index in [2.05, 4.69) is 14.9 Å². The lowest BCUT2D eigenvalue weighted by atomic mass is 9.97. The maximum Gasteiger partial charge on any atom is 0.573 e. The Hall–Kier alpha value is -2.05. The summed E-state index contributed by atoms with van der Waals surface area (Å²) < 4.78 is 40.9. The molecule has 1 unspecified atom stereocenters. The first-order valence-electron chi connectivity index (χ1n) is 5.62. The van der Waals surface area contributed by atoms with Crippen LogP contribution in [0, 0.1) is 5.92 Å². The van der Waals surface area contributed by atoms with Crippen LogP contribution < -0.4 is 10.5 Å². The quantitative estimate of drug-likeness (QED) is 0.899. The fourth-order valence-electron chi connectivity index (χ4n) is 1.73. The van der Waals surface area contributed by atoms with Gasteiger partial charge >= 0.3 is 6.36 Å². The second kappa shape index (κ2) is 4.91. The zero-order valence-corrected chi connectivity index (χ0v) is 10.1. The van der Waals surface area contributed by atoms with E-state index in [0.29, 0.717) is 18.0 Å². The third-order valence-corrected chi connectivity index (χ3v) is 2.71. The van der Waals surface area contributed by atoms with E-state index in [1.54, 1.807) is 6.07 Å². The molecule has 1 heterocycles.